The van der Waals surface area contributed by atoms with Crippen LogP contribution >= 0.6 is 23.2 Å². The minimum absolute atomic E-state index is 0.0527. The van der Waals surface area contributed by atoms with Crippen LogP contribution < -0.4 is 5.73 Å². The molecule has 0 aromatic heterocycles. The van der Waals surface area contributed by atoms with Gasteiger partial charge in [-0.25, -0.2) is 4.39 Å². The fourth-order valence-corrected chi connectivity index (χ4v) is 2.55. The molecule has 0 heterocycles. The highest BCUT2D eigenvalue weighted by atomic mass is 35.5. The summed E-state index contributed by atoms with van der Waals surface area (Å²) in [4.78, 5) is 0. The average Bonchev–Trinajstić information content (AvgIpc) is 2.41. The minimum Gasteiger partial charge on any atom is -0.330 e. The third kappa shape index (κ3) is 3.27. The van der Waals surface area contributed by atoms with Crippen molar-refractivity contribution in [3.05, 3.63) is 69.5 Å². The van der Waals surface area contributed by atoms with E-state index in [0.717, 1.165) is 5.56 Å². The fraction of sp³-hybridized carbons (Fsp3) is 0.200. The van der Waals surface area contributed by atoms with Crippen molar-refractivity contribution in [2.45, 2.75) is 12.3 Å². The van der Waals surface area contributed by atoms with Gasteiger partial charge in [0.05, 0.1) is 10.0 Å². The number of hydrogen-bond donors (Lipinski definition) is 1. The molecule has 1 atom stereocenters. The van der Waals surface area contributed by atoms with Crippen LogP contribution in [0.25, 0.3) is 0 Å². The highest BCUT2D eigenvalue weighted by molar-refractivity contribution is 6.42. The van der Waals surface area contributed by atoms with Crippen molar-refractivity contribution in [1.82, 2.24) is 0 Å². The zero-order valence-corrected chi connectivity index (χ0v) is 11.8. The van der Waals surface area contributed by atoms with E-state index in [1.54, 1.807) is 18.2 Å². The SMILES string of the molecule is NCC(Cc1ccccc1F)c1cccc(Cl)c1Cl. The van der Waals surface area contributed by atoms with Crippen LogP contribution in [0.3, 0.4) is 0 Å². The van der Waals surface area contributed by atoms with Crippen LogP contribution in [0.5, 0.6) is 0 Å². The van der Waals surface area contributed by atoms with E-state index in [0.29, 0.717) is 28.6 Å². The number of benzene rings is 2. The van der Waals surface area contributed by atoms with Crippen molar-refractivity contribution in [1.29, 1.82) is 0 Å². The third-order valence-corrected chi connectivity index (χ3v) is 3.96. The van der Waals surface area contributed by atoms with E-state index in [-0.39, 0.29) is 11.7 Å². The highest BCUT2D eigenvalue weighted by Crippen LogP contribution is 2.32. The number of nitrogens with two attached hydrogens (primary N) is 1. The first kappa shape index (κ1) is 14.3. The first-order valence-corrected chi connectivity index (χ1v) is 6.76. The summed E-state index contributed by atoms with van der Waals surface area (Å²) in [5, 5.41) is 0.988. The standard InChI is InChI=1S/C15H14Cl2FN/c16-13-6-3-5-12(15(13)17)11(9-19)8-10-4-1-2-7-14(10)18/h1-7,11H,8-9,19H2. The summed E-state index contributed by atoms with van der Waals surface area (Å²) < 4.78 is 13.7. The zero-order chi connectivity index (χ0) is 13.8. The molecule has 0 aliphatic rings. The highest BCUT2D eigenvalue weighted by Gasteiger charge is 2.17. The van der Waals surface area contributed by atoms with Crippen molar-refractivity contribution in [3.63, 3.8) is 0 Å². The Morgan fingerprint density at radius 3 is 2.47 bits per heavy atom. The quantitative estimate of drug-likeness (QED) is 0.888. The maximum absolute atomic E-state index is 13.7. The van der Waals surface area contributed by atoms with Crippen molar-refractivity contribution >= 4 is 23.2 Å². The van der Waals surface area contributed by atoms with Crippen LogP contribution in [0.2, 0.25) is 10.0 Å². The molecule has 0 saturated carbocycles. The number of rotatable bonds is 4. The Kier molecular flexibility index (Phi) is 4.81. The molecule has 0 bridgehead atoms. The topological polar surface area (TPSA) is 26.0 Å². The molecule has 19 heavy (non-hydrogen) atoms. The van der Waals surface area contributed by atoms with Crippen molar-refractivity contribution in [2.75, 3.05) is 6.54 Å². The Labute approximate surface area is 122 Å². The second kappa shape index (κ2) is 6.38. The van der Waals surface area contributed by atoms with E-state index >= 15 is 0 Å². The van der Waals surface area contributed by atoms with Crippen LogP contribution in [0.1, 0.15) is 17.0 Å². The van der Waals surface area contributed by atoms with E-state index in [1.807, 2.05) is 18.2 Å². The summed E-state index contributed by atoms with van der Waals surface area (Å²) >= 11 is 12.2. The lowest BCUT2D eigenvalue weighted by molar-refractivity contribution is 0.590. The maximum Gasteiger partial charge on any atom is 0.126 e. The van der Waals surface area contributed by atoms with Gasteiger partial charge in [-0.1, -0.05) is 53.5 Å². The lowest BCUT2D eigenvalue weighted by Gasteiger charge is -2.17. The van der Waals surface area contributed by atoms with Gasteiger partial charge in [-0.3, -0.25) is 0 Å². The number of halogens is 3. The second-order valence-electron chi connectivity index (χ2n) is 4.37. The molecule has 2 aromatic rings. The van der Waals surface area contributed by atoms with Gasteiger partial charge in [0.2, 0.25) is 0 Å². The van der Waals surface area contributed by atoms with Crippen molar-refractivity contribution in [2.24, 2.45) is 5.73 Å². The molecule has 0 spiro atoms. The zero-order valence-electron chi connectivity index (χ0n) is 10.2. The van der Waals surface area contributed by atoms with Gasteiger partial charge < -0.3 is 5.73 Å². The van der Waals surface area contributed by atoms with Crippen LogP contribution in [0.15, 0.2) is 42.5 Å². The molecule has 0 saturated heterocycles. The molecule has 0 radical (unpaired) electrons. The Morgan fingerprint density at radius 2 is 1.79 bits per heavy atom. The van der Waals surface area contributed by atoms with Gasteiger partial charge in [0.15, 0.2) is 0 Å². The first-order chi connectivity index (χ1) is 9.13. The van der Waals surface area contributed by atoms with E-state index in [2.05, 4.69) is 0 Å². The fourth-order valence-electron chi connectivity index (χ4n) is 2.09. The summed E-state index contributed by atoms with van der Waals surface area (Å²) in [7, 11) is 0. The molecule has 4 heteroatoms. The van der Waals surface area contributed by atoms with Gasteiger partial charge in [0.25, 0.3) is 0 Å². The monoisotopic (exact) mass is 297 g/mol. The molecule has 1 nitrogen and oxygen atoms in total. The Bertz CT molecular complexity index is 572. The van der Waals surface area contributed by atoms with Gasteiger partial charge >= 0.3 is 0 Å². The lowest BCUT2D eigenvalue weighted by Crippen LogP contribution is -2.16. The van der Waals surface area contributed by atoms with Crippen LogP contribution in [-0.4, -0.2) is 6.54 Å². The third-order valence-electron chi connectivity index (χ3n) is 3.13. The molecule has 0 aliphatic heterocycles. The molecule has 2 aromatic carbocycles. The second-order valence-corrected chi connectivity index (χ2v) is 5.16. The maximum atomic E-state index is 13.7. The van der Waals surface area contributed by atoms with Gasteiger partial charge in [-0.05, 0) is 36.2 Å². The smallest absolute Gasteiger partial charge is 0.126 e. The summed E-state index contributed by atoms with van der Waals surface area (Å²) in [6, 6.07) is 12.1. The van der Waals surface area contributed by atoms with Gasteiger partial charge in [-0.15, -0.1) is 0 Å². The molecule has 1 unspecified atom stereocenters. The normalized spacial score (nSPS) is 12.4. The molecule has 0 aliphatic carbocycles. The molecule has 0 amide bonds. The molecule has 2 N–H and O–H groups in total. The van der Waals surface area contributed by atoms with Gasteiger partial charge in [0, 0.05) is 5.92 Å². The van der Waals surface area contributed by atoms with E-state index in [9.17, 15) is 4.39 Å². The van der Waals surface area contributed by atoms with Crippen LogP contribution in [0.4, 0.5) is 4.39 Å². The van der Waals surface area contributed by atoms with Gasteiger partial charge in [-0.2, -0.15) is 0 Å². The molecule has 0 fully saturated rings. The Morgan fingerprint density at radius 1 is 1.05 bits per heavy atom. The van der Waals surface area contributed by atoms with Crippen LogP contribution in [0, 0.1) is 5.82 Å². The lowest BCUT2D eigenvalue weighted by atomic mass is 9.92. The Balaban J connectivity index is 2.31. The largest absolute Gasteiger partial charge is 0.330 e. The average molecular weight is 298 g/mol. The predicted molar refractivity (Wildman–Crippen MR) is 78.4 cm³/mol. The van der Waals surface area contributed by atoms with Gasteiger partial charge in [0.1, 0.15) is 5.82 Å². The van der Waals surface area contributed by atoms with Crippen molar-refractivity contribution in [3.8, 4) is 0 Å². The first-order valence-electron chi connectivity index (χ1n) is 6.01. The van der Waals surface area contributed by atoms with E-state index in [1.165, 1.54) is 6.07 Å². The molecular weight excluding hydrogens is 284 g/mol. The summed E-state index contributed by atoms with van der Waals surface area (Å²) in [5.74, 6) is -0.276. The number of hydrogen-bond acceptors (Lipinski definition) is 1. The molecule has 2 rings (SSSR count). The van der Waals surface area contributed by atoms with E-state index < -0.39 is 0 Å². The summed E-state index contributed by atoms with van der Waals surface area (Å²) in [5.41, 5.74) is 7.29. The van der Waals surface area contributed by atoms with Crippen molar-refractivity contribution < 1.29 is 4.39 Å². The molecular formula is C15H14Cl2FN. The van der Waals surface area contributed by atoms with E-state index in [4.69, 9.17) is 28.9 Å². The molecule has 100 valence electrons. The summed E-state index contributed by atoms with van der Waals surface area (Å²) in [6.07, 6.45) is 0.503. The predicted octanol–water partition coefficient (Wildman–Crippen LogP) is 4.42. The van der Waals surface area contributed by atoms with Crippen LogP contribution in [-0.2, 0) is 6.42 Å². The Hall–Kier alpha value is -1.09. The summed E-state index contributed by atoms with van der Waals surface area (Å²) in [6.45, 7) is 0.383. The minimum atomic E-state index is -0.223.